The molecule has 0 N–H and O–H groups in total. The minimum Gasteiger partial charge on any atom is 0 e. The second-order valence-electron chi connectivity index (χ2n) is 0.540. The van der Waals surface area contributed by atoms with Crippen molar-refractivity contribution in [2.75, 3.05) is 0 Å². The van der Waals surface area contributed by atoms with Crippen molar-refractivity contribution in [3.63, 3.8) is 0 Å². The summed E-state index contributed by atoms with van der Waals surface area (Å²) in [6.07, 6.45) is 0. The van der Waals surface area contributed by atoms with E-state index in [9.17, 15) is 13.1 Å². The standard InChI is InChI=1S/Ga.NO2.O.Sb.Te/c;2-1-3;;;. The number of hydrogen-bond donors (Lipinski definition) is 0. The molecule has 37 valence electrons. The number of rotatable bonds is 1. The van der Waals surface area contributed by atoms with Gasteiger partial charge in [-0.2, -0.15) is 0 Å². The molecule has 0 aromatic rings. The fraction of sp³-hybridized carbons (Fsp3) is 0. The van der Waals surface area contributed by atoms with Gasteiger partial charge in [-0.05, 0) is 0 Å². The Hall–Kier alpha value is 1.44. The topological polar surface area (TPSA) is 60.2 Å². The van der Waals surface area contributed by atoms with Crippen LogP contribution in [0.1, 0.15) is 0 Å². The van der Waals surface area contributed by atoms with Gasteiger partial charge < -0.3 is 0 Å². The summed E-state index contributed by atoms with van der Waals surface area (Å²) < 4.78 is 9.06. The van der Waals surface area contributed by atoms with Crippen LogP contribution in [0.25, 0.3) is 0 Å². The van der Waals surface area contributed by atoms with E-state index < -0.39 is 20.0 Å². The molecule has 0 aliphatic heterocycles. The molecule has 4 nitrogen and oxygen atoms in total. The van der Waals surface area contributed by atoms with Gasteiger partial charge in [0.2, 0.25) is 0 Å². The van der Waals surface area contributed by atoms with Gasteiger partial charge in [-0.25, -0.2) is 0 Å². The Balaban J connectivity index is 0. The summed E-state index contributed by atoms with van der Waals surface area (Å²) in [4.78, 5) is 9.29. The van der Waals surface area contributed by atoms with E-state index in [1.165, 1.54) is 0 Å². The van der Waals surface area contributed by atoms with Crippen LogP contribution in [0.5, 0.6) is 0 Å². The summed E-state index contributed by atoms with van der Waals surface area (Å²) >= 11 is -2.29. The summed E-state index contributed by atoms with van der Waals surface area (Å²) in [6, 6.07) is 0. The van der Waals surface area contributed by atoms with E-state index in [1.807, 2.05) is 0 Å². The predicted octanol–water partition coefficient (Wildman–Crippen LogP) is -1.53. The summed E-state index contributed by atoms with van der Waals surface area (Å²) in [5, 5.41) is 9.29. The van der Waals surface area contributed by atoms with Gasteiger partial charge in [-0.1, -0.05) is 0 Å². The van der Waals surface area contributed by atoms with Crippen molar-refractivity contribution in [2.45, 2.75) is 0 Å². The van der Waals surface area contributed by atoms with Gasteiger partial charge in [0.1, 0.15) is 0 Å². The molecular weight excluding hydrogens is 381 g/mol. The zero-order valence-corrected chi connectivity index (χ0v) is 10.4. The Labute approximate surface area is 70.2 Å². The maximum atomic E-state index is 9.74. The molecular formula is GaNO3SbTe. The second-order valence-corrected chi connectivity index (χ2v) is 9.42. The molecule has 0 aromatic carbocycles. The first kappa shape index (κ1) is 11.3. The zero-order valence-electron chi connectivity index (χ0n) is 3.10. The normalized spacial score (nSPS) is 6.14. The smallest absolute Gasteiger partial charge is 0 e. The van der Waals surface area contributed by atoms with Crippen molar-refractivity contribution < 1.29 is 6.10 Å². The van der Waals surface area contributed by atoms with Crippen molar-refractivity contribution in [1.29, 1.82) is 0 Å². The van der Waals surface area contributed by atoms with Crippen LogP contribution < -0.4 is 0 Å². The van der Waals surface area contributed by atoms with E-state index in [4.69, 9.17) is 0 Å². The summed E-state index contributed by atoms with van der Waals surface area (Å²) in [7, 11) is 0. The average molecular weight is 381 g/mol. The predicted molar refractivity (Wildman–Crippen MR) is 24.9 cm³/mol. The van der Waals surface area contributed by atoms with Gasteiger partial charge in [0.05, 0.1) is 0 Å². The Morgan fingerprint density at radius 2 is 1.86 bits per heavy atom. The van der Waals surface area contributed by atoms with E-state index >= 15 is 0 Å². The van der Waals surface area contributed by atoms with Crippen LogP contribution in [0.4, 0.5) is 0 Å². The fourth-order valence-electron chi connectivity index (χ4n) is 0. The van der Waals surface area contributed by atoms with Gasteiger partial charge in [-0.3, -0.25) is 0 Å². The zero-order chi connectivity index (χ0) is 5.15. The molecule has 0 saturated carbocycles. The second kappa shape index (κ2) is 5.58. The molecule has 0 fully saturated rings. The molecule has 7 heavy (non-hydrogen) atoms. The Kier molecular flexibility index (Phi) is 8.98. The Morgan fingerprint density at radius 1 is 1.71 bits per heavy atom. The van der Waals surface area contributed by atoms with Gasteiger partial charge in [0.25, 0.3) is 0 Å². The summed E-state index contributed by atoms with van der Waals surface area (Å²) in [6.45, 7) is 0. The molecule has 0 spiro atoms. The van der Waals surface area contributed by atoms with Gasteiger partial charge in [0.15, 0.2) is 0 Å². The first-order valence-electron chi connectivity index (χ1n) is 1.01. The first-order valence-corrected chi connectivity index (χ1v) is 11.9. The van der Waals surface area contributed by atoms with Crippen LogP contribution in [0.3, 0.4) is 0 Å². The molecule has 0 bridgehead atoms. The van der Waals surface area contributed by atoms with Gasteiger partial charge in [0, 0.05) is 23.7 Å². The van der Waals surface area contributed by atoms with Crippen LogP contribution in [-0.4, -0.2) is 58.0 Å². The summed E-state index contributed by atoms with van der Waals surface area (Å²) in [5.41, 5.74) is 0. The van der Waals surface area contributed by atoms with E-state index in [1.54, 1.807) is 0 Å². The van der Waals surface area contributed by atoms with E-state index in [-0.39, 0.29) is 23.7 Å². The minimum absolute atomic E-state index is 0. The number of nitrogens with zero attached hydrogens (tertiary/aromatic N) is 1. The van der Waals surface area contributed by atoms with Crippen LogP contribution >= 0.6 is 0 Å². The third kappa shape index (κ3) is 7.44. The molecule has 0 amide bonds. The van der Waals surface area contributed by atoms with E-state index in [2.05, 4.69) is 0 Å². The SMILES string of the molecule is O=[N+]([O-])[Sb](=[O])=[Ga].[Te]. The van der Waals surface area contributed by atoms with Gasteiger partial charge >= 0.3 is 47.5 Å². The summed E-state index contributed by atoms with van der Waals surface area (Å²) in [5.74, 6) is 0. The molecule has 7 heteroatoms. The van der Waals surface area contributed by atoms with Crippen LogP contribution in [0.15, 0.2) is 0 Å². The molecule has 0 unspecified atom stereocenters. The molecule has 0 aliphatic carbocycles. The molecule has 0 heterocycles. The number of nitro groups is 1. The van der Waals surface area contributed by atoms with Crippen molar-refractivity contribution in [1.82, 2.24) is 0 Å². The fourth-order valence-corrected chi connectivity index (χ4v) is 0. The molecule has 0 rings (SSSR count). The molecule has 0 aliphatic rings. The molecule has 3 radical (unpaired) electrons. The van der Waals surface area contributed by atoms with Crippen LogP contribution in [0.2, 0.25) is 0 Å². The van der Waals surface area contributed by atoms with Gasteiger partial charge in [-0.15, -0.1) is 0 Å². The maximum Gasteiger partial charge on any atom is 0 e. The molecule has 0 aromatic heterocycles. The Bertz CT molecular complexity index is 121. The Morgan fingerprint density at radius 3 is 1.86 bits per heavy atom. The van der Waals surface area contributed by atoms with Crippen LogP contribution in [-0.2, 0) is 3.02 Å². The first-order chi connectivity index (χ1) is 2.64. The van der Waals surface area contributed by atoms with E-state index in [0.29, 0.717) is 0 Å². The van der Waals surface area contributed by atoms with Crippen molar-refractivity contribution in [2.24, 2.45) is 0 Å². The molecule has 0 saturated heterocycles. The third-order valence-corrected chi connectivity index (χ3v) is 3.73. The average Bonchev–Trinajstić information content (AvgIpc) is 1.36. The largest absolute Gasteiger partial charge is 0 e. The maximum absolute atomic E-state index is 9.74. The van der Waals surface area contributed by atoms with Crippen molar-refractivity contribution >= 4 is 54.9 Å². The monoisotopic (exact) mass is 382 g/mol. The van der Waals surface area contributed by atoms with Crippen molar-refractivity contribution in [3.8, 4) is 0 Å². The van der Waals surface area contributed by atoms with E-state index in [0.717, 1.165) is 14.3 Å². The third-order valence-electron chi connectivity index (χ3n) is 0.161. The van der Waals surface area contributed by atoms with Crippen LogP contribution in [0, 0.1) is 10.1 Å². The van der Waals surface area contributed by atoms with Crippen molar-refractivity contribution in [3.05, 3.63) is 10.1 Å². The minimum atomic E-state index is -3.06. The quantitative estimate of drug-likeness (QED) is 0.315. The molecule has 0 atom stereocenters. The number of hydrogen-bond acceptors (Lipinski definition) is 3.